The summed E-state index contributed by atoms with van der Waals surface area (Å²) in [4.78, 5) is 12.3. The van der Waals surface area contributed by atoms with E-state index in [1.165, 1.54) is 0 Å². The van der Waals surface area contributed by atoms with Gasteiger partial charge in [0.2, 0.25) is 0 Å². The number of para-hydroxylation sites is 1. The predicted molar refractivity (Wildman–Crippen MR) is 79.7 cm³/mol. The van der Waals surface area contributed by atoms with E-state index >= 15 is 0 Å². The van der Waals surface area contributed by atoms with E-state index in [1.54, 1.807) is 0 Å². The molecule has 0 aliphatic carbocycles. The second-order valence-electron chi connectivity index (χ2n) is 4.40. The smallest absolute Gasteiger partial charge is 0.257 e. The fourth-order valence-corrected chi connectivity index (χ4v) is 1.91. The Morgan fingerprint density at radius 2 is 1.84 bits per heavy atom. The van der Waals surface area contributed by atoms with Crippen LogP contribution in [0, 0.1) is 6.92 Å². The van der Waals surface area contributed by atoms with Crippen LogP contribution in [-0.4, -0.2) is 12.5 Å². The van der Waals surface area contributed by atoms with Crippen molar-refractivity contribution in [3.05, 3.63) is 59.7 Å². The molecule has 0 spiro atoms. The lowest BCUT2D eigenvalue weighted by molar-refractivity contribution is 0.102. The highest BCUT2D eigenvalue weighted by molar-refractivity contribution is 6.08. The molecule has 0 unspecified atom stereocenters. The summed E-state index contributed by atoms with van der Waals surface area (Å²) in [7, 11) is 0. The van der Waals surface area contributed by atoms with Crippen LogP contribution in [0.4, 0.5) is 11.4 Å². The van der Waals surface area contributed by atoms with Crippen molar-refractivity contribution in [3.8, 4) is 0 Å². The molecule has 98 valence electrons. The highest BCUT2D eigenvalue weighted by Crippen LogP contribution is 2.19. The third-order valence-electron chi connectivity index (χ3n) is 2.82. The lowest BCUT2D eigenvalue weighted by Gasteiger charge is -2.12. The third-order valence-corrected chi connectivity index (χ3v) is 2.82. The Balaban J connectivity index is 2.23. The van der Waals surface area contributed by atoms with Crippen molar-refractivity contribution in [3.63, 3.8) is 0 Å². The summed E-state index contributed by atoms with van der Waals surface area (Å²) in [6.07, 6.45) is 0. The molecule has 19 heavy (non-hydrogen) atoms. The standard InChI is InChI=1S/C16H18N2O/c1-3-17-15-11-12(2)9-10-14(15)16(19)18-13-7-5-4-6-8-13/h4-11,17H,3H2,1-2H3,(H,18,19). The number of hydrogen-bond donors (Lipinski definition) is 2. The van der Waals surface area contributed by atoms with Crippen molar-refractivity contribution in [2.75, 3.05) is 17.2 Å². The van der Waals surface area contributed by atoms with E-state index in [0.29, 0.717) is 5.56 Å². The molecule has 2 N–H and O–H groups in total. The molecule has 2 aromatic rings. The number of benzene rings is 2. The molecule has 0 radical (unpaired) electrons. The highest BCUT2D eigenvalue weighted by atomic mass is 16.1. The third kappa shape index (κ3) is 3.35. The zero-order chi connectivity index (χ0) is 13.7. The number of carbonyl (C=O) groups excluding carboxylic acids is 1. The molecular weight excluding hydrogens is 236 g/mol. The molecule has 0 aromatic heterocycles. The molecule has 0 aliphatic rings. The van der Waals surface area contributed by atoms with Crippen LogP contribution in [0.25, 0.3) is 0 Å². The molecule has 0 heterocycles. The first-order chi connectivity index (χ1) is 9.20. The number of rotatable bonds is 4. The van der Waals surface area contributed by atoms with Crippen LogP contribution in [0.3, 0.4) is 0 Å². The van der Waals surface area contributed by atoms with Gasteiger partial charge in [0, 0.05) is 17.9 Å². The van der Waals surface area contributed by atoms with E-state index in [4.69, 9.17) is 0 Å². The van der Waals surface area contributed by atoms with Gasteiger partial charge in [-0.25, -0.2) is 0 Å². The minimum absolute atomic E-state index is 0.0952. The molecule has 3 heteroatoms. The van der Waals surface area contributed by atoms with Gasteiger partial charge in [0.15, 0.2) is 0 Å². The Hall–Kier alpha value is -2.29. The number of nitrogens with one attached hydrogen (secondary N) is 2. The van der Waals surface area contributed by atoms with Crippen molar-refractivity contribution in [2.24, 2.45) is 0 Å². The van der Waals surface area contributed by atoms with Crippen molar-refractivity contribution in [2.45, 2.75) is 13.8 Å². The first-order valence-electron chi connectivity index (χ1n) is 6.41. The Morgan fingerprint density at radius 3 is 2.53 bits per heavy atom. The number of aryl methyl sites for hydroxylation is 1. The maximum atomic E-state index is 12.3. The molecule has 0 aliphatic heterocycles. The summed E-state index contributed by atoms with van der Waals surface area (Å²) in [5, 5.41) is 6.12. The van der Waals surface area contributed by atoms with Crippen LogP contribution < -0.4 is 10.6 Å². The predicted octanol–water partition coefficient (Wildman–Crippen LogP) is 3.68. The van der Waals surface area contributed by atoms with Gasteiger partial charge in [-0.05, 0) is 43.7 Å². The Morgan fingerprint density at radius 1 is 1.11 bits per heavy atom. The first kappa shape index (κ1) is 13.1. The van der Waals surface area contributed by atoms with Crippen LogP contribution in [0.15, 0.2) is 48.5 Å². The summed E-state index contributed by atoms with van der Waals surface area (Å²) in [5.74, 6) is -0.0952. The normalized spacial score (nSPS) is 10.0. The molecular formula is C16H18N2O. The van der Waals surface area contributed by atoms with Crippen LogP contribution in [0.5, 0.6) is 0 Å². The van der Waals surface area contributed by atoms with Crippen LogP contribution in [-0.2, 0) is 0 Å². The second kappa shape index (κ2) is 6.05. The van der Waals surface area contributed by atoms with Crippen molar-refractivity contribution in [1.29, 1.82) is 0 Å². The van der Waals surface area contributed by atoms with Gasteiger partial charge in [-0.1, -0.05) is 24.3 Å². The van der Waals surface area contributed by atoms with Gasteiger partial charge in [-0.2, -0.15) is 0 Å². The highest BCUT2D eigenvalue weighted by Gasteiger charge is 2.11. The van der Waals surface area contributed by atoms with E-state index in [9.17, 15) is 4.79 Å². The van der Waals surface area contributed by atoms with Gasteiger partial charge in [0.25, 0.3) is 5.91 Å². The molecule has 0 saturated carbocycles. The Bertz CT molecular complexity index is 564. The summed E-state index contributed by atoms with van der Waals surface area (Å²) < 4.78 is 0. The molecule has 2 rings (SSSR count). The van der Waals surface area contributed by atoms with Gasteiger partial charge in [0.05, 0.1) is 5.56 Å². The number of hydrogen-bond acceptors (Lipinski definition) is 2. The molecule has 1 amide bonds. The lowest BCUT2D eigenvalue weighted by Crippen LogP contribution is -2.14. The van der Waals surface area contributed by atoms with Crippen molar-refractivity contribution in [1.82, 2.24) is 0 Å². The van der Waals surface area contributed by atoms with E-state index in [1.807, 2.05) is 62.4 Å². The number of anilines is 2. The first-order valence-corrected chi connectivity index (χ1v) is 6.41. The number of carbonyl (C=O) groups is 1. The van der Waals surface area contributed by atoms with Gasteiger partial charge < -0.3 is 10.6 Å². The summed E-state index contributed by atoms with van der Waals surface area (Å²) in [6.45, 7) is 4.82. The number of amides is 1. The largest absolute Gasteiger partial charge is 0.385 e. The van der Waals surface area contributed by atoms with E-state index in [-0.39, 0.29) is 5.91 Å². The molecule has 0 fully saturated rings. The van der Waals surface area contributed by atoms with E-state index in [2.05, 4.69) is 10.6 Å². The van der Waals surface area contributed by atoms with Crippen LogP contribution in [0.2, 0.25) is 0 Å². The van der Waals surface area contributed by atoms with Crippen LogP contribution in [0.1, 0.15) is 22.8 Å². The zero-order valence-electron chi connectivity index (χ0n) is 11.2. The average molecular weight is 254 g/mol. The van der Waals surface area contributed by atoms with Gasteiger partial charge in [-0.3, -0.25) is 4.79 Å². The summed E-state index contributed by atoms with van der Waals surface area (Å²) in [6, 6.07) is 15.3. The minimum Gasteiger partial charge on any atom is -0.385 e. The topological polar surface area (TPSA) is 41.1 Å². The monoisotopic (exact) mass is 254 g/mol. The zero-order valence-corrected chi connectivity index (χ0v) is 11.2. The van der Waals surface area contributed by atoms with Crippen molar-refractivity contribution >= 4 is 17.3 Å². The quantitative estimate of drug-likeness (QED) is 0.873. The summed E-state index contributed by atoms with van der Waals surface area (Å²) >= 11 is 0. The fourth-order valence-electron chi connectivity index (χ4n) is 1.91. The van der Waals surface area contributed by atoms with Gasteiger partial charge >= 0.3 is 0 Å². The second-order valence-corrected chi connectivity index (χ2v) is 4.40. The van der Waals surface area contributed by atoms with Gasteiger partial charge in [-0.15, -0.1) is 0 Å². The SMILES string of the molecule is CCNc1cc(C)ccc1C(=O)Nc1ccccc1. The maximum absolute atomic E-state index is 12.3. The fraction of sp³-hybridized carbons (Fsp3) is 0.188. The molecule has 0 atom stereocenters. The molecule has 0 saturated heterocycles. The molecule has 0 bridgehead atoms. The summed E-state index contributed by atoms with van der Waals surface area (Å²) in [5.41, 5.74) is 3.47. The Labute approximate surface area is 113 Å². The maximum Gasteiger partial charge on any atom is 0.257 e. The van der Waals surface area contributed by atoms with E-state index < -0.39 is 0 Å². The lowest BCUT2D eigenvalue weighted by atomic mass is 10.1. The van der Waals surface area contributed by atoms with E-state index in [0.717, 1.165) is 23.5 Å². The Kier molecular flexibility index (Phi) is 4.18. The van der Waals surface area contributed by atoms with Crippen LogP contribution >= 0.6 is 0 Å². The molecule has 3 nitrogen and oxygen atoms in total. The van der Waals surface area contributed by atoms with Crippen molar-refractivity contribution < 1.29 is 4.79 Å². The minimum atomic E-state index is -0.0952. The average Bonchev–Trinajstić information content (AvgIpc) is 2.40. The van der Waals surface area contributed by atoms with Gasteiger partial charge in [0.1, 0.15) is 0 Å². The molecule has 2 aromatic carbocycles.